The molecule has 9 heteroatoms. The molecule has 144 valence electrons. The summed E-state index contributed by atoms with van der Waals surface area (Å²) in [5, 5.41) is 2.78. The number of nitrogens with one attached hydrogen (secondary N) is 1. The van der Waals surface area contributed by atoms with E-state index in [1.165, 1.54) is 29.2 Å². The molecule has 3 N–H and O–H groups in total. The summed E-state index contributed by atoms with van der Waals surface area (Å²) >= 11 is 0. The smallest absolute Gasteiger partial charge is 0.406 e. The maximum Gasteiger partial charge on any atom is 0.573 e. The maximum atomic E-state index is 12.1. The Morgan fingerprint density at radius 2 is 1.70 bits per heavy atom. The number of benzene rings is 2. The van der Waals surface area contributed by atoms with E-state index in [1.807, 2.05) is 0 Å². The predicted molar refractivity (Wildman–Crippen MR) is 96.5 cm³/mol. The van der Waals surface area contributed by atoms with Crippen molar-refractivity contribution in [3.8, 4) is 5.75 Å². The third-order valence-electron chi connectivity index (χ3n) is 3.40. The average molecular weight is 380 g/mol. The Kier molecular flexibility index (Phi) is 6.27. The fraction of sp³-hybridized carbons (Fsp3) is 0.222. The van der Waals surface area contributed by atoms with Crippen LogP contribution < -0.4 is 15.8 Å². The number of amides is 1. The second-order valence-corrected chi connectivity index (χ2v) is 5.80. The molecule has 2 aromatic carbocycles. The predicted octanol–water partition coefficient (Wildman–Crippen LogP) is 3.21. The molecular weight excluding hydrogens is 361 g/mol. The monoisotopic (exact) mass is 380 g/mol. The third kappa shape index (κ3) is 6.53. The van der Waals surface area contributed by atoms with Crippen molar-refractivity contribution in [1.82, 2.24) is 4.90 Å². The zero-order valence-electron chi connectivity index (χ0n) is 14.7. The number of nitrogens with two attached hydrogens (primary N) is 1. The van der Waals surface area contributed by atoms with Crippen LogP contribution in [0.3, 0.4) is 0 Å². The molecule has 1 amide bonds. The molecule has 0 aliphatic heterocycles. The van der Waals surface area contributed by atoms with Crippen molar-refractivity contribution in [2.45, 2.75) is 12.9 Å². The summed E-state index contributed by atoms with van der Waals surface area (Å²) in [4.78, 5) is 17.5. The van der Waals surface area contributed by atoms with E-state index in [0.29, 0.717) is 11.3 Å². The van der Waals surface area contributed by atoms with E-state index < -0.39 is 6.36 Å². The molecule has 2 aromatic rings. The molecule has 0 unspecified atom stereocenters. The fourth-order valence-electron chi connectivity index (χ4n) is 2.11. The Balaban J connectivity index is 1.93. The number of hydrogen-bond donors (Lipinski definition) is 2. The summed E-state index contributed by atoms with van der Waals surface area (Å²) in [6.45, 7) is 0.282. The van der Waals surface area contributed by atoms with Gasteiger partial charge < -0.3 is 20.7 Å². The molecule has 0 radical (unpaired) electrons. The van der Waals surface area contributed by atoms with Gasteiger partial charge in [-0.1, -0.05) is 12.1 Å². The number of anilines is 1. The minimum Gasteiger partial charge on any atom is -0.406 e. The molecule has 0 saturated carbocycles. The lowest BCUT2D eigenvalue weighted by Crippen LogP contribution is -2.22. The zero-order valence-corrected chi connectivity index (χ0v) is 14.7. The van der Waals surface area contributed by atoms with Crippen LogP contribution in [0.1, 0.15) is 15.9 Å². The van der Waals surface area contributed by atoms with Crippen molar-refractivity contribution in [1.29, 1.82) is 0 Å². The lowest BCUT2D eigenvalue weighted by atomic mass is 10.1. The molecule has 0 heterocycles. The van der Waals surface area contributed by atoms with Crippen LogP contribution >= 0.6 is 0 Å². The number of alkyl halides is 3. The largest absolute Gasteiger partial charge is 0.573 e. The molecular formula is C18H19F3N4O2. The molecule has 0 aliphatic rings. The van der Waals surface area contributed by atoms with Crippen LogP contribution in [0.5, 0.6) is 5.75 Å². The lowest BCUT2D eigenvalue weighted by Gasteiger charge is -2.11. The highest BCUT2D eigenvalue weighted by atomic mass is 19.4. The van der Waals surface area contributed by atoms with Crippen molar-refractivity contribution in [2.24, 2.45) is 10.7 Å². The van der Waals surface area contributed by atoms with Gasteiger partial charge in [0.1, 0.15) is 5.75 Å². The van der Waals surface area contributed by atoms with Gasteiger partial charge in [-0.05, 0) is 42.0 Å². The number of aliphatic imine (C=N–C) groups is 1. The third-order valence-corrected chi connectivity index (χ3v) is 3.40. The maximum absolute atomic E-state index is 12.1. The zero-order chi connectivity index (χ0) is 20.0. The summed E-state index contributed by atoms with van der Waals surface area (Å²) in [6, 6.07) is 12.1. The summed E-state index contributed by atoms with van der Waals surface area (Å²) in [6.07, 6.45) is -4.73. The molecule has 0 saturated heterocycles. The summed E-state index contributed by atoms with van der Waals surface area (Å²) in [5.41, 5.74) is 7.67. The minimum atomic E-state index is -4.73. The van der Waals surface area contributed by atoms with Crippen LogP contribution in [0.25, 0.3) is 0 Å². The van der Waals surface area contributed by atoms with Gasteiger partial charge >= 0.3 is 6.36 Å². The van der Waals surface area contributed by atoms with Gasteiger partial charge in [0.2, 0.25) is 0 Å². The molecule has 0 atom stereocenters. The van der Waals surface area contributed by atoms with E-state index in [4.69, 9.17) is 5.73 Å². The van der Waals surface area contributed by atoms with Crippen LogP contribution in [0, 0.1) is 0 Å². The van der Waals surface area contributed by atoms with Crippen LogP contribution in [0.4, 0.5) is 18.9 Å². The highest BCUT2D eigenvalue weighted by Crippen LogP contribution is 2.23. The van der Waals surface area contributed by atoms with Crippen LogP contribution in [-0.2, 0) is 6.54 Å². The lowest BCUT2D eigenvalue weighted by molar-refractivity contribution is -0.274. The Labute approximate surface area is 154 Å². The first-order chi connectivity index (χ1) is 12.6. The Bertz CT molecular complexity index is 801. The average Bonchev–Trinajstić information content (AvgIpc) is 2.60. The first-order valence-corrected chi connectivity index (χ1v) is 7.87. The van der Waals surface area contributed by atoms with Gasteiger partial charge in [-0.3, -0.25) is 4.79 Å². The van der Waals surface area contributed by atoms with Gasteiger partial charge in [-0.25, -0.2) is 4.99 Å². The van der Waals surface area contributed by atoms with Crippen molar-refractivity contribution in [2.75, 3.05) is 19.4 Å². The van der Waals surface area contributed by atoms with Gasteiger partial charge in [-0.2, -0.15) is 0 Å². The van der Waals surface area contributed by atoms with Crippen LogP contribution in [0.15, 0.2) is 53.5 Å². The van der Waals surface area contributed by atoms with Gasteiger partial charge in [0.25, 0.3) is 5.91 Å². The first-order valence-electron chi connectivity index (χ1n) is 7.87. The number of nitrogens with zero attached hydrogens (tertiary/aromatic N) is 2. The second kappa shape index (κ2) is 8.43. The standard InChI is InChI=1S/C18H19F3N4O2/c1-25(2)16(26)13-5-3-12(4-6-13)11-23-17(22)24-14-7-9-15(10-8-14)27-18(19,20)21/h3-10H,11H2,1-2H3,(H3,22,23,24). The van der Waals surface area contributed by atoms with Crippen LogP contribution in [-0.4, -0.2) is 37.2 Å². The minimum absolute atomic E-state index is 0.0934. The highest BCUT2D eigenvalue weighted by Gasteiger charge is 2.30. The van der Waals surface area contributed by atoms with Crippen molar-refractivity contribution >= 4 is 17.6 Å². The number of carbonyl (C=O) groups excluding carboxylic acids is 1. The van der Waals surface area contributed by atoms with E-state index in [1.54, 1.807) is 38.4 Å². The van der Waals surface area contributed by atoms with Gasteiger partial charge in [0.05, 0.1) is 6.54 Å². The Hall–Kier alpha value is -3.23. The van der Waals surface area contributed by atoms with Crippen molar-refractivity contribution < 1.29 is 22.7 Å². The summed E-state index contributed by atoms with van der Waals surface area (Å²) < 4.78 is 40.2. The summed E-state index contributed by atoms with van der Waals surface area (Å²) in [7, 11) is 3.35. The molecule has 0 aliphatic carbocycles. The number of carbonyl (C=O) groups is 1. The van der Waals surface area contributed by atoms with Crippen molar-refractivity contribution in [3.05, 3.63) is 59.7 Å². The van der Waals surface area contributed by atoms with Gasteiger partial charge in [0, 0.05) is 25.3 Å². The number of rotatable bonds is 5. The molecule has 0 fully saturated rings. The van der Waals surface area contributed by atoms with E-state index in [0.717, 1.165) is 5.56 Å². The molecule has 0 bridgehead atoms. The van der Waals surface area contributed by atoms with Crippen molar-refractivity contribution in [3.63, 3.8) is 0 Å². The fourth-order valence-corrected chi connectivity index (χ4v) is 2.11. The first kappa shape index (κ1) is 20.1. The number of halogens is 3. The highest BCUT2D eigenvalue weighted by molar-refractivity contribution is 5.94. The quantitative estimate of drug-likeness (QED) is 0.617. The number of hydrogen-bond acceptors (Lipinski definition) is 3. The van der Waals surface area contributed by atoms with E-state index >= 15 is 0 Å². The van der Waals surface area contributed by atoms with Gasteiger partial charge in [0.15, 0.2) is 5.96 Å². The second-order valence-electron chi connectivity index (χ2n) is 5.80. The number of guanidine groups is 1. The molecule has 2 rings (SSSR count). The Morgan fingerprint density at radius 3 is 2.22 bits per heavy atom. The molecule has 0 aromatic heterocycles. The van der Waals surface area contributed by atoms with E-state index in [-0.39, 0.29) is 24.2 Å². The number of ether oxygens (including phenoxy) is 1. The molecule has 6 nitrogen and oxygen atoms in total. The van der Waals surface area contributed by atoms with E-state index in [9.17, 15) is 18.0 Å². The van der Waals surface area contributed by atoms with Crippen LogP contribution in [0.2, 0.25) is 0 Å². The van der Waals surface area contributed by atoms with E-state index in [2.05, 4.69) is 15.0 Å². The molecule has 0 spiro atoms. The normalized spacial score (nSPS) is 11.8. The topological polar surface area (TPSA) is 80.0 Å². The van der Waals surface area contributed by atoms with Gasteiger partial charge in [-0.15, -0.1) is 13.2 Å². The SMILES string of the molecule is CN(C)C(=O)c1ccc(CN=C(N)Nc2ccc(OC(F)(F)F)cc2)cc1. The summed E-state index contributed by atoms with van der Waals surface area (Å²) in [5.74, 6) is -0.312. The Morgan fingerprint density at radius 1 is 1.11 bits per heavy atom. The molecule has 27 heavy (non-hydrogen) atoms.